The van der Waals surface area contributed by atoms with Crippen LogP contribution >= 0.6 is 11.8 Å². The molecule has 3 nitrogen and oxygen atoms in total. The standard InChI is InChI=1S/C17H23NO2S/c1-13(17(19)18-9-11-20-12-10-18)21-16-8-4-6-14-5-2-3-7-15(14)16/h2-3,5,7,13,16H,4,6,8-12H2,1H3/t13-,16+/m1/s1. The molecule has 0 N–H and O–H groups in total. The van der Waals surface area contributed by atoms with Gasteiger partial charge in [0.25, 0.3) is 0 Å². The maximum Gasteiger partial charge on any atom is 0.235 e. The average molecular weight is 305 g/mol. The third kappa shape index (κ3) is 3.43. The molecule has 1 fully saturated rings. The molecular weight excluding hydrogens is 282 g/mol. The number of benzene rings is 1. The van der Waals surface area contributed by atoms with E-state index in [0.29, 0.717) is 18.5 Å². The van der Waals surface area contributed by atoms with Crippen molar-refractivity contribution in [3.8, 4) is 0 Å². The number of morpholine rings is 1. The molecule has 1 amide bonds. The predicted molar refractivity (Wildman–Crippen MR) is 86.6 cm³/mol. The van der Waals surface area contributed by atoms with Gasteiger partial charge in [0.05, 0.1) is 18.5 Å². The minimum atomic E-state index is 0.0271. The van der Waals surface area contributed by atoms with Gasteiger partial charge in [-0.3, -0.25) is 4.79 Å². The van der Waals surface area contributed by atoms with E-state index < -0.39 is 0 Å². The van der Waals surface area contributed by atoms with Crippen LogP contribution in [0.4, 0.5) is 0 Å². The second-order valence-electron chi connectivity index (χ2n) is 5.80. The smallest absolute Gasteiger partial charge is 0.235 e. The largest absolute Gasteiger partial charge is 0.378 e. The van der Waals surface area contributed by atoms with E-state index in [9.17, 15) is 4.79 Å². The van der Waals surface area contributed by atoms with Gasteiger partial charge in [0.15, 0.2) is 0 Å². The molecule has 1 heterocycles. The number of thioether (sulfide) groups is 1. The summed E-state index contributed by atoms with van der Waals surface area (Å²) in [7, 11) is 0. The van der Waals surface area contributed by atoms with E-state index in [4.69, 9.17) is 4.74 Å². The highest BCUT2D eigenvalue weighted by molar-refractivity contribution is 8.00. The zero-order valence-corrected chi connectivity index (χ0v) is 13.4. The van der Waals surface area contributed by atoms with Gasteiger partial charge in [-0.2, -0.15) is 0 Å². The van der Waals surface area contributed by atoms with Crippen LogP contribution in [0.5, 0.6) is 0 Å². The van der Waals surface area contributed by atoms with Gasteiger partial charge in [-0.1, -0.05) is 24.3 Å². The third-order valence-electron chi connectivity index (χ3n) is 4.35. The number of aryl methyl sites for hydroxylation is 1. The van der Waals surface area contributed by atoms with Crippen molar-refractivity contribution < 1.29 is 9.53 Å². The Balaban J connectivity index is 1.65. The highest BCUT2D eigenvalue weighted by Crippen LogP contribution is 2.41. The van der Waals surface area contributed by atoms with E-state index in [1.807, 2.05) is 16.7 Å². The molecule has 2 aliphatic rings. The fourth-order valence-electron chi connectivity index (χ4n) is 3.20. The first-order valence-corrected chi connectivity index (χ1v) is 8.80. The van der Waals surface area contributed by atoms with E-state index in [1.165, 1.54) is 30.4 Å². The number of fused-ring (bicyclic) bond motifs is 1. The Bertz CT molecular complexity index is 499. The number of nitrogens with zero attached hydrogens (tertiary/aromatic N) is 1. The predicted octanol–water partition coefficient (Wildman–Crippen LogP) is 3.04. The van der Waals surface area contributed by atoms with Gasteiger partial charge in [-0.25, -0.2) is 0 Å². The zero-order valence-electron chi connectivity index (χ0n) is 12.6. The first-order valence-electron chi connectivity index (χ1n) is 7.85. The monoisotopic (exact) mass is 305 g/mol. The SMILES string of the molecule is C[C@@H](S[C@H]1CCCc2ccccc21)C(=O)N1CCOCC1. The second-order valence-corrected chi connectivity index (χ2v) is 7.34. The van der Waals surface area contributed by atoms with Gasteiger partial charge < -0.3 is 9.64 Å². The van der Waals surface area contributed by atoms with Crippen molar-refractivity contribution in [2.45, 2.75) is 36.7 Å². The molecule has 0 saturated carbocycles. The van der Waals surface area contributed by atoms with Crippen molar-refractivity contribution in [2.24, 2.45) is 0 Å². The quantitative estimate of drug-likeness (QED) is 0.859. The van der Waals surface area contributed by atoms with Crippen LogP contribution in [0.25, 0.3) is 0 Å². The highest BCUT2D eigenvalue weighted by atomic mass is 32.2. The second kappa shape index (κ2) is 6.84. The lowest BCUT2D eigenvalue weighted by Crippen LogP contribution is -2.44. The van der Waals surface area contributed by atoms with Gasteiger partial charge in [-0.05, 0) is 37.3 Å². The number of hydrogen-bond acceptors (Lipinski definition) is 3. The Kier molecular flexibility index (Phi) is 4.86. The molecule has 0 spiro atoms. The molecule has 4 heteroatoms. The van der Waals surface area contributed by atoms with Crippen LogP contribution in [-0.2, 0) is 16.0 Å². The summed E-state index contributed by atoms with van der Waals surface area (Å²) in [4.78, 5) is 14.5. The molecule has 3 rings (SSSR count). The Morgan fingerprint density at radius 3 is 2.90 bits per heavy atom. The summed E-state index contributed by atoms with van der Waals surface area (Å²) in [5.74, 6) is 0.270. The van der Waals surface area contributed by atoms with Gasteiger partial charge in [0, 0.05) is 18.3 Å². The average Bonchev–Trinajstić information content (AvgIpc) is 2.55. The normalized spacial score (nSPS) is 23.5. The molecular formula is C17H23NO2S. The lowest BCUT2D eigenvalue weighted by Gasteiger charge is -2.31. The molecule has 1 aromatic rings. The van der Waals surface area contributed by atoms with E-state index >= 15 is 0 Å². The third-order valence-corrected chi connectivity index (χ3v) is 5.78. The molecule has 0 unspecified atom stereocenters. The maximum absolute atomic E-state index is 12.5. The summed E-state index contributed by atoms with van der Waals surface area (Å²) >= 11 is 1.83. The van der Waals surface area contributed by atoms with Crippen molar-refractivity contribution in [3.05, 3.63) is 35.4 Å². The summed E-state index contributed by atoms with van der Waals surface area (Å²) in [5.41, 5.74) is 2.91. The molecule has 21 heavy (non-hydrogen) atoms. The minimum Gasteiger partial charge on any atom is -0.378 e. The Morgan fingerprint density at radius 2 is 2.10 bits per heavy atom. The Labute approximate surface area is 131 Å². The van der Waals surface area contributed by atoms with Gasteiger partial charge in [-0.15, -0.1) is 11.8 Å². The van der Waals surface area contributed by atoms with Crippen molar-refractivity contribution >= 4 is 17.7 Å². The molecule has 1 aliphatic carbocycles. The molecule has 1 aromatic carbocycles. The lowest BCUT2D eigenvalue weighted by atomic mass is 9.91. The van der Waals surface area contributed by atoms with Crippen LogP contribution in [0.3, 0.4) is 0 Å². The summed E-state index contributed by atoms with van der Waals surface area (Å²) in [5, 5.41) is 0.495. The molecule has 0 aromatic heterocycles. The summed E-state index contributed by atoms with van der Waals surface area (Å²) in [6.45, 7) is 4.89. The first-order chi connectivity index (χ1) is 10.3. The molecule has 2 atom stereocenters. The first kappa shape index (κ1) is 14.9. The number of hydrogen-bond donors (Lipinski definition) is 0. The number of carbonyl (C=O) groups is 1. The number of amides is 1. The molecule has 114 valence electrons. The highest BCUT2D eigenvalue weighted by Gasteiger charge is 2.28. The molecule has 0 bridgehead atoms. The minimum absolute atomic E-state index is 0.0271. The van der Waals surface area contributed by atoms with Crippen molar-refractivity contribution in [1.29, 1.82) is 0 Å². The Morgan fingerprint density at radius 1 is 1.33 bits per heavy atom. The van der Waals surface area contributed by atoms with Gasteiger partial charge in [0.1, 0.15) is 0 Å². The number of ether oxygens (including phenoxy) is 1. The molecule has 0 radical (unpaired) electrons. The van der Waals surface area contributed by atoms with E-state index in [1.54, 1.807) is 0 Å². The van der Waals surface area contributed by atoms with Gasteiger partial charge in [0.2, 0.25) is 5.91 Å². The zero-order chi connectivity index (χ0) is 14.7. The van der Waals surface area contributed by atoms with Crippen LogP contribution in [0, 0.1) is 0 Å². The Hall–Kier alpha value is -1.00. The molecule has 1 aliphatic heterocycles. The maximum atomic E-state index is 12.5. The van der Waals surface area contributed by atoms with Crippen molar-refractivity contribution in [2.75, 3.05) is 26.3 Å². The summed E-state index contributed by atoms with van der Waals surface area (Å²) in [6.07, 6.45) is 3.59. The topological polar surface area (TPSA) is 29.5 Å². The summed E-state index contributed by atoms with van der Waals surface area (Å²) in [6, 6.07) is 8.70. The van der Waals surface area contributed by atoms with Crippen LogP contribution in [0.1, 0.15) is 36.1 Å². The fourth-order valence-corrected chi connectivity index (χ4v) is 4.63. The fraction of sp³-hybridized carbons (Fsp3) is 0.588. The number of rotatable bonds is 3. The van der Waals surface area contributed by atoms with Crippen LogP contribution in [0.2, 0.25) is 0 Å². The van der Waals surface area contributed by atoms with Crippen LogP contribution in [0.15, 0.2) is 24.3 Å². The van der Waals surface area contributed by atoms with E-state index in [-0.39, 0.29) is 11.2 Å². The van der Waals surface area contributed by atoms with Crippen molar-refractivity contribution in [1.82, 2.24) is 4.90 Å². The number of carbonyl (C=O) groups excluding carboxylic acids is 1. The van der Waals surface area contributed by atoms with Crippen LogP contribution < -0.4 is 0 Å². The van der Waals surface area contributed by atoms with Gasteiger partial charge >= 0.3 is 0 Å². The lowest BCUT2D eigenvalue weighted by molar-refractivity contribution is -0.134. The molecule has 1 saturated heterocycles. The van der Waals surface area contributed by atoms with E-state index in [0.717, 1.165) is 13.1 Å². The van der Waals surface area contributed by atoms with Crippen molar-refractivity contribution in [3.63, 3.8) is 0 Å². The van der Waals surface area contributed by atoms with E-state index in [2.05, 4.69) is 31.2 Å². The summed E-state index contributed by atoms with van der Waals surface area (Å²) < 4.78 is 5.33. The van der Waals surface area contributed by atoms with Crippen LogP contribution in [-0.4, -0.2) is 42.4 Å².